The van der Waals surface area contributed by atoms with Crippen molar-refractivity contribution in [1.82, 2.24) is 9.97 Å². The van der Waals surface area contributed by atoms with Gasteiger partial charge in [-0.2, -0.15) is 0 Å². The Morgan fingerprint density at radius 2 is 1.55 bits per heavy atom. The maximum Gasteiger partial charge on any atom is 0.250 e. The highest BCUT2D eigenvalue weighted by molar-refractivity contribution is 6.06. The number of carbonyl (C=O) groups excluding carboxylic acids is 1. The van der Waals surface area contributed by atoms with Gasteiger partial charge in [0.05, 0.1) is 16.8 Å². The van der Waals surface area contributed by atoms with Gasteiger partial charge in [0, 0.05) is 17.6 Å². The van der Waals surface area contributed by atoms with Crippen LogP contribution in [0.25, 0.3) is 10.9 Å². The minimum Gasteiger partial charge on any atom is -0.381 e. The lowest BCUT2D eigenvalue weighted by Crippen LogP contribution is -2.13. The Kier molecular flexibility index (Phi) is 5.47. The third-order valence-electron chi connectivity index (χ3n) is 4.92. The predicted molar refractivity (Wildman–Crippen MR) is 116 cm³/mol. The van der Waals surface area contributed by atoms with E-state index in [4.69, 9.17) is 5.73 Å². The van der Waals surface area contributed by atoms with Gasteiger partial charge in [0.25, 0.3) is 5.91 Å². The van der Waals surface area contributed by atoms with Crippen molar-refractivity contribution in [2.24, 2.45) is 5.73 Å². The van der Waals surface area contributed by atoms with Crippen LogP contribution in [0.1, 0.15) is 27.2 Å². The van der Waals surface area contributed by atoms with Gasteiger partial charge in [-0.25, -0.2) is 9.97 Å². The molecule has 144 valence electrons. The summed E-state index contributed by atoms with van der Waals surface area (Å²) in [6, 6.07) is 24.1. The smallest absolute Gasteiger partial charge is 0.250 e. The fraction of sp³-hybridized carbons (Fsp3) is 0.125. The lowest BCUT2D eigenvalue weighted by molar-refractivity contribution is 0.100. The van der Waals surface area contributed by atoms with E-state index in [9.17, 15) is 4.79 Å². The zero-order chi connectivity index (χ0) is 20.1. The van der Waals surface area contributed by atoms with Crippen molar-refractivity contribution >= 4 is 22.5 Å². The van der Waals surface area contributed by atoms with Crippen molar-refractivity contribution in [2.45, 2.75) is 19.4 Å². The number of nitrogens with two attached hydrogens (primary N) is 1. The van der Waals surface area contributed by atoms with Crippen LogP contribution in [0.5, 0.6) is 0 Å². The number of primary amides is 1. The second-order valence-corrected chi connectivity index (χ2v) is 6.93. The molecule has 0 aliphatic heterocycles. The summed E-state index contributed by atoms with van der Waals surface area (Å²) in [4.78, 5) is 20.9. The Labute approximate surface area is 169 Å². The number of carbonyl (C=O) groups is 1. The van der Waals surface area contributed by atoms with Gasteiger partial charge in [-0.05, 0) is 36.1 Å². The Hall–Kier alpha value is -3.73. The van der Waals surface area contributed by atoms with E-state index in [2.05, 4.69) is 39.6 Å². The SMILES string of the molecule is NC(=O)c1cc(NCc2ccccc2)cc2c(CCc3ccccc3)ncnc12. The topological polar surface area (TPSA) is 80.9 Å². The molecule has 4 rings (SSSR count). The van der Waals surface area contributed by atoms with Crippen LogP contribution in [-0.2, 0) is 19.4 Å². The molecule has 0 saturated carbocycles. The zero-order valence-electron chi connectivity index (χ0n) is 16.0. The van der Waals surface area contributed by atoms with E-state index in [-0.39, 0.29) is 0 Å². The molecule has 29 heavy (non-hydrogen) atoms. The minimum atomic E-state index is -0.494. The van der Waals surface area contributed by atoms with Crippen LogP contribution in [-0.4, -0.2) is 15.9 Å². The molecule has 0 atom stereocenters. The van der Waals surface area contributed by atoms with Crippen LogP contribution >= 0.6 is 0 Å². The molecule has 5 heteroatoms. The van der Waals surface area contributed by atoms with Crippen LogP contribution in [0.2, 0.25) is 0 Å². The first kappa shape index (κ1) is 18.6. The highest BCUT2D eigenvalue weighted by atomic mass is 16.1. The summed E-state index contributed by atoms with van der Waals surface area (Å²) >= 11 is 0. The molecule has 3 N–H and O–H groups in total. The van der Waals surface area contributed by atoms with Gasteiger partial charge in [-0.3, -0.25) is 4.79 Å². The van der Waals surface area contributed by atoms with Crippen molar-refractivity contribution in [2.75, 3.05) is 5.32 Å². The van der Waals surface area contributed by atoms with Crippen LogP contribution in [0.15, 0.2) is 79.1 Å². The first-order chi connectivity index (χ1) is 14.2. The molecule has 1 heterocycles. The number of fused-ring (bicyclic) bond motifs is 1. The maximum atomic E-state index is 12.1. The van der Waals surface area contributed by atoms with Gasteiger partial charge in [0.1, 0.15) is 6.33 Å². The molecule has 0 unspecified atom stereocenters. The van der Waals surface area contributed by atoms with E-state index in [0.29, 0.717) is 17.6 Å². The number of hydrogen-bond acceptors (Lipinski definition) is 4. The largest absolute Gasteiger partial charge is 0.381 e. The number of hydrogen-bond donors (Lipinski definition) is 2. The number of aromatic nitrogens is 2. The van der Waals surface area contributed by atoms with Gasteiger partial charge in [0.15, 0.2) is 0 Å². The molecular weight excluding hydrogens is 360 g/mol. The molecule has 0 aliphatic carbocycles. The van der Waals surface area contributed by atoms with E-state index in [1.54, 1.807) is 6.07 Å². The Morgan fingerprint density at radius 1 is 0.862 bits per heavy atom. The highest BCUT2D eigenvalue weighted by Crippen LogP contribution is 2.25. The number of benzene rings is 3. The van der Waals surface area contributed by atoms with Crippen molar-refractivity contribution in [3.8, 4) is 0 Å². The number of anilines is 1. The van der Waals surface area contributed by atoms with Crippen molar-refractivity contribution in [3.05, 3.63) is 102 Å². The third-order valence-corrected chi connectivity index (χ3v) is 4.92. The fourth-order valence-electron chi connectivity index (χ4n) is 3.42. The van der Waals surface area contributed by atoms with E-state index >= 15 is 0 Å². The van der Waals surface area contributed by atoms with Gasteiger partial charge in [-0.1, -0.05) is 60.7 Å². The molecule has 0 spiro atoms. The maximum absolute atomic E-state index is 12.1. The van der Waals surface area contributed by atoms with Crippen LogP contribution in [0.3, 0.4) is 0 Å². The first-order valence-corrected chi connectivity index (χ1v) is 9.60. The molecule has 5 nitrogen and oxygen atoms in total. The normalized spacial score (nSPS) is 10.8. The number of rotatable bonds is 7. The monoisotopic (exact) mass is 382 g/mol. The van der Waals surface area contributed by atoms with E-state index in [0.717, 1.165) is 35.2 Å². The quantitative estimate of drug-likeness (QED) is 0.504. The number of nitrogens with zero attached hydrogens (tertiary/aromatic N) is 2. The highest BCUT2D eigenvalue weighted by Gasteiger charge is 2.14. The van der Waals surface area contributed by atoms with E-state index < -0.39 is 5.91 Å². The lowest BCUT2D eigenvalue weighted by Gasteiger charge is -2.12. The van der Waals surface area contributed by atoms with Crippen molar-refractivity contribution in [1.29, 1.82) is 0 Å². The van der Waals surface area contributed by atoms with Gasteiger partial charge >= 0.3 is 0 Å². The van der Waals surface area contributed by atoms with E-state index in [1.807, 2.05) is 42.5 Å². The predicted octanol–water partition coefficient (Wildman–Crippen LogP) is 4.13. The summed E-state index contributed by atoms with van der Waals surface area (Å²) in [7, 11) is 0. The summed E-state index contributed by atoms with van der Waals surface area (Å²) in [5.41, 5.74) is 10.8. The Balaban J connectivity index is 1.67. The molecule has 0 saturated heterocycles. The average Bonchev–Trinajstić information content (AvgIpc) is 2.77. The lowest BCUT2D eigenvalue weighted by atomic mass is 10.0. The molecular formula is C24H22N4O. The molecule has 0 aliphatic rings. The molecule has 1 aromatic heterocycles. The van der Waals surface area contributed by atoms with Crippen molar-refractivity contribution in [3.63, 3.8) is 0 Å². The molecule has 0 fully saturated rings. The van der Waals surface area contributed by atoms with Gasteiger partial charge in [-0.15, -0.1) is 0 Å². The van der Waals surface area contributed by atoms with Crippen LogP contribution in [0, 0.1) is 0 Å². The number of nitrogens with one attached hydrogen (secondary N) is 1. The van der Waals surface area contributed by atoms with E-state index in [1.165, 1.54) is 11.9 Å². The standard InChI is InChI=1S/C24H22N4O/c25-24(29)21-14-19(26-15-18-9-5-2-6-10-18)13-20-22(27-16-28-23(20)21)12-11-17-7-3-1-4-8-17/h1-10,13-14,16,26H,11-12,15H2,(H2,25,29). The summed E-state index contributed by atoms with van der Waals surface area (Å²) in [5, 5.41) is 4.24. The molecule has 3 aromatic carbocycles. The first-order valence-electron chi connectivity index (χ1n) is 9.60. The van der Waals surface area contributed by atoms with Crippen molar-refractivity contribution < 1.29 is 4.79 Å². The number of amides is 1. The molecule has 4 aromatic rings. The molecule has 0 radical (unpaired) electrons. The second-order valence-electron chi connectivity index (χ2n) is 6.93. The Bertz CT molecular complexity index is 1130. The molecule has 1 amide bonds. The van der Waals surface area contributed by atoms with Gasteiger partial charge in [0.2, 0.25) is 0 Å². The number of aryl methyl sites for hydroxylation is 2. The minimum absolute atomic E-state index is 0.404. The average molecular weight is 382 g/mol. The van der Waals surface area contributed by atoms with Crippen LogP contribution < -0.4 is 11.1 Å². The molecule has 0 bridgehead atoms. The summed E-state index contributed by atoms with van der Waals surface area (Å²) in [6.07, 6.45) is 3.12. The summed E-state index contributed by atoms with van der Waals surface area (Å²) in [5.74, 6) is -0.494. The van der Waals surface area contributed by atoms with Crippen LogP contribution in [0.4, 0.5) is 5.69 Å². The summed E-state index contributed by atoms with van der Waals surface area (Å²) in [6.45, 7) is 0.650. The summed E-state index contributed by atoms with van der Waals surface area (Å²) < 4.78 is 0. The van der Waals surface area contributed by atoms with Gasteiger partial charge < -0.3 is 11.1 Å². The third kappa shape index (κ3) is 4.41. The fourth-order valence-corrected chi connectivity index (χ4v) is 3.42. The Morgan fingerprint density at radius 3 is 2.24 bits per heavy atom. The second kappa shape index (κ2) is 8.52. The zero-order valence-corrected chi connectivity index (χ0v) is 16.0.